The summed E-state index contributed by atoms with van der Waals surface area (Å²) in [7, 11) is 0. The largest absolute Gasteiger partial charge is 0.271 e. The summed E-state index contributed by atoms with van der Waals surface area (Å²) in [5.74, 6) is 5.60. The molecule has 0 aromatic heterocycles. The maximum Gasteiger partial charge on any atom is 0.0475 e. The fraction of sp³-hybridized carbons (Fsp3) is 0.429. The molecular formula is C14H20Cl2N2. The topological polar surface area (TPSA) is 38.0 Å². The predicted octanol–water partition coefficient (Wildman–Crippen LogP) is 4.63. The van der Waals surface area contributed by atoms with Crippen LogP contribution in [0.1, 0.15) is 43.7 Å². The second-order valence-corrected chi connectivity index (χ2v) is 5.16. The lowest BCUT2D eigenvalue weighted by atomic mass is 10.0. The second kappa shape index (κ2) is 8.54. The predicted molar refractivity (Wildman–Crippen MR) is 79.8 cm³/mol. The van der Waals surface area contributed by atoms with E-state index in [1.807, 2.05) is 12.1 Å². The summed E-state index contributed by atoms with van der Waals surface area (Å²) in [6, 6.07) is 5.52. The molecule has 4 heteroatoms. The van der Waals surface area contributed by atoms with Crippen LogP contribution in [0.3, 0.4) is 0 Å². The minimum atomic E-state index is 0.0555. The third-order valence-electron chi connectivity index (χ3n) is 2.94. The van der Waals surface area contributed by atoms with E-state index in [-0.39, 0.29) is 6.04 Å². The maximum absolute atomic E-state index is 6.16. The lowest BCUT2D eigenvalue weighted by Crippen LogP contribution is -2.28. The van der Waals surface area contributed by atoms with Gasteiger partial charge in [0.15, 0.2) is 0 Å². The first kappa shape index (κ1) is 15.5. The first-order chi connectivity index (χ1) is 8.69. The Morgan fingerprint density at radius 3 is 2.72 bits per heavy atom. The van der Waals surface area contributed by atoms with Crippen LogP contribution in [0.5, 0.6) is 0 Å². The highest BCUT2D eigenvalue weighted by molar-refractivity contribution is 6.33. The molecule has 0 bridgehead atoms. The Morgan fingerprint density at radius 2 is 2.06 bits per heavy atom. The Morgan fingerprint density at radius 1 is 1.28 bits per heavy atom. The summed E-state index contributed by atoms with van der Waals surface area (Å²) in [5.41, 5.74) is 3.78. The quantitative estimate of drug-likeness (QED) is 0.316. The summed E-state index contributed by atoms with van der Waals surface area (Å²) in [4.78, 5) is 0. The van der Waals surface area contributed by atoms with Crippen LogP contribution in [-0.4, -0.2) is 0 Å². The molecule has 0 fully saturated rings. The van der Waals surface area contributed by atoms with Crippen LogP contribution < -0.4 is 11.3 Å². The van der Waals surface area contributed by atoms with Crippen molar-refractivity contribution < 1.29 is 0 Å². The number of nitrogens with two attached hydrogens (primary N) is 1. The first-order valence-electron chi connectivity index (χ1n) is 6.21. The van der Waals surface area contributed by atoms with Crippen molar-refractivity contribution in [1.29, 1.82) is 0 Å². The molecule has 1 unspecified atom stereocenters. The molecule has 0 spiro atoms. The number of rotatable bonds is 8. The van der Waals surface area contributed by atoms with Crippen molar-refractivity contribution >= 4 is 23.2 Å². The van der Waals surface area contributed by atoms with Crippen LogP contribution in [0.2, 0.25) is 10.0 Å². The molecule has 0 aliphatic rings. The summed E-state index contributed by atoms with van der Waals surface area (Å²) in [5, 5.41) is 1.38. The molecule has 1 aromatic carbocycles. The van der Waals surface area contributed by atoms with Crippen molar-refractivity contribution in [2.45, 2.75) is 38.1 Å². The minimum Gasteiger partial charge on any atom is -0.271 e. The standard InChI is InChI=1S/C14H20Cl2N2/c1-2-3-4-5-6-7-14(18-17)12-10-11(15)8-9-13(12)16/h2,8-10,14,18H,1,3-7,17H2. The molecular weight excluding hydrogens is 267 g/mol. The van der Waals surface area contributed by atoms with E-state index in [1.165, 1.54) is 12.8 Å². The lowest BCUT2D eigenvalue weighted by Gasteiger charge is -2.17. The molecule has 1 atom stereocenters. The molecule has 1 aromatic rings. The zero-order valence-electron chi connectivity index (χ0n) is 10.5. The van der Waals surface area contributed by atoms with Gasteiger partial charge in [-0.05, 0) is 43.0 Å². The summed E-state index contributed by atoms with van der Waals surface area (Å²) < 4.78 is 0. The highest BCUT2D eigenvalue weighted by atomic mass is 35.5. The number of benzene rings is 1. The van der Waals surface area contributed by atoms with Crippen molar-refractivity contribution in [3.8, 4) is 0 Å². The number of hydrazine groups is 1. The molecule has 0 amide bonds. The number of hydrogen-bond donors (Lipinski definition) is 2. The zero-order valence-corrected chi connectivity index (χ0v) is 12.0. The van der Waals surface area contributed by atoms with Gasteiger partial charge in [-0.25, -0.2) is 0 Å². The fourth-order valence-electron chi connectivity index (χ4n) is 1.92. The van der Waals surface area contributed by atoms with Gasteiger partial charge in [-0.2, -0.15) is 0 Å². The first-order valence-corrected chi connectivity index (χ1v) is 6.96. The van der Waals surface area contributed by atoms with Gasteiger partial charge in [-0.1, -0.05) is 42.1 Å². The van der Waals surface area contributed by atoms with Crippen LogP contribution in [-0.2, 0) is 0 Å². The van der Waals surface area contributed by atoms with Gasteiger partial charge in [-0.15, -0.1) is 6.58 Å². The molecule has 0 aliphatic heterocycles. The highest BCUT2D eigenvalue weighted by Gasteiger charge is 2.13. The Balaban J connectivity index is 2.54. The van der Waals surface area contributed by atoms with Crippen LogP contribution in [0.25, 0.3) is 0 Å². The maximum atomic E-state index is 6.16. The third-order valence-corrected chi connectivity index (χ3v) is 3.51. The van der Waals surface area contributed by atoms with Crippen LogP contribution in [0.4, 0.5) is 0 Å². The van der Waals surface area contributed by atoms with Gasteiger partial charge >= 0.3 is 0 Å². The van der Waals surface area contributed by atoms with E-state index in [0.29, 0.717) is 10.0 Å². The summed E-state index contributed by atoms with van der Waals surface area (Å²) in [6.07, 6.45) is 7.41. The lowest BCUT2D eigenvalue weighted by molar-refractivity contribution is 0.484. The van der Waals surface area contributed by atoms with Gasteiger partial charge < -0.3 is 0 Å². The number of allylic oxidation sites excluding steroid dienone is 1. The van der Waals surface area contributed by atoms with E-state index in [0.717, 1.165) is 24.8 Å². The van der Waals surface area contributed by atoms with Crippen LogP contribution >= 0.6 is 23.2 Å². The average molecular weight is 287 g/mol. The van der Waals surface area contributed by atoms with E-state index in [1.54, 1.807) is 12.1 Å². The smallest absolute Gasteiger partial charge is 0.0475 e. The summed E-state index contributed by atoms with van der Waals surface area (Å²) in [6.45, 7) is 3.71. The SMILES string of the molecule is C=CCCCCCC(NN)c1cc(Cl)ccc1Cl. The van der Waals surface area contributed by atoms with E-state index in [9.17, 15) is 0 Å². The molecule has 2 nitrogen and oxygen atoms in total. The van der Waals surface area contributed by atoms with Gasteiger partial charge in [0.25, 0.3) is 0 Å². The molecule has 0 radical (unpaired) electrons. The van der Waals surface area contributed by atoms with Crippen molar-refractivity contribution in [3.05, 3.63) is 46.5 Å². The van der Waals surface area contributed by atoms with E-state index in [2.05, 4.69) is 12.0 Å². The van der Waals surface area contributed by atoms with Gasteiger partial charge in [0, 0.05) is 16.1 Å². The van der Waals surface area contributed by atoms with Gasteiger partial charge in [-0.3, -0.25) is 11.3 Å². The molecule has 0 saturated heterocycles. The molecule has 18 heavy (non-hydrogen) atoms. The monoisotopic (exact) mass is 286 g/mol. The zero-order chi connectivity index (χ0) is 13.4. The van der Waals surface area contributed by atoms with E-state index < -0.39 is 0 Å². The Bertz CT molecular complexity index is 380. The molecule has 3 N–H and O–H groups in total. The number of nitrogens with one attached hydrogen (secondary N) is 1. The van der Waals surface area contributed by atoms with Crippen LogP contribution in [0.15, 0.2) is 30.9 Å². The number of halogens is 2. The van der Waals surface area contributed by atoms with E-state index in [4.69, 9.17) is 29.0 Å². The van der Waals surface area contributed by atoms with Crippen molar-refractivity contribution in [2.75, 3.05) is 0 Å². The van der Waals surface area contributed by atoms with Crippen LogP contribution in [0, 0.1) is 0 Å². The highest BCUT2D eigenvalue weighted by Crippen LogP contribution is 2.29. The molecule has 1 rings (SSSR count). The molecule has 0 saturated carbocycles. The molecule has 0 aliphatic carbocycles. The Labute approximate surface area is 119 Å². The minimum absolute atomic E-state index is 0.0555. The number of unbranched alkanes of at least 4 members (excludes halogenated alkanes) is 3. The Hall–Kier alpha value is -0.540. The normalized spacial score (nSPS) is 12.4. The third kappa shape index (κ3) is 4.99. The van der Waals surface area contributed by atoms with Gasteiger partial charge in [0.2, 0.25) is 0 Å². The average Bonchev–Trinajstić information content (AvgIpc) is 2.37. The van der Waals surface area contributed by atoms with Crippen molar-refractivity contribution in [3.63, 3.8) is 0 Å². The number of hydrogen-bond acceptors (Lipinski definition) is 2. The van der Waals surface area contributed by atoms with Crippen molar-refractivity contribution in [1.82, 2.24) is 5.43 Å². The molecule has 100 valence electrons. The van der Waals surface area contributed by atoms with E-state index >= 15 is 0 Å². The molecule has 0 heterocycles. The second-order valence-electron chi connectivity index (χ2n) is 4.31. The van der Waals surface area contributed by atoms with Crippen molar-refractivity contribution in [2.24, 2.45) is 5.84 Å². The van der Waals surface area contributed by atoms with Gasteiger partial charge in [0.05, 0.1) is 0 Å². The Kier molecular flexibility index (Phi) is 7.36. The summed E-state index contributed by atoms with van der Waals surface area (Å²) >= 11 is 12.1. The fourth-order valence-corrected chi connectivity index (χ4v) is 2.35. The van der Waals surface area contributed by atoms with Gasteiger partial charge in [0.1, 0.15) is 0 Å².